The van der Waals surface area contributed by atoms with E-state index in [2.05, 4.69) is 25.6 Å². The number of carboxylic acid groups (broad SMARTS) is 1. The summed E-state index contributed by atoms with van der Waals surface area (Å²) >= 11 is 1.10. The number of nitrogens with zero attached hydrogens (tertiary/aromatic N) is 3. The molecule has 1 atom stereocenters. The quantitative estimate of drug-likeness (QED) is 0.240. The van der Waals surface area contributed by atoms with Crippen LogP contribution >= 0.6 is 11.3 Å². The van der Waals surface area contributed by atoms with E-state index < -0.39 is 17.4 Å². The molecule has 2 heterocycles. The fraction of sp³-hybridized carbons (Fsp3) is 0.261. The van der Waals surface area contributed by atoms with E-state index in [0.717, 1.165) is 16.9 Å². The van der Waals surface area contributed by atoms with Crippen molar-refractivity contribution in [3.8, 4) is 0 Å². The van der Waals surface area contributed by atoms with E-state index in [1.165, 1.54) is 0 Å². The summed E-state index contributed by atoms with van der Waals surface area (Å²) in [6, 6.07) is 10.1. The maximum absolute atomic E-state index is 13.1. The number of aliphatic imine (C=N–C) groups is 1. The Morgan fingerprint density at radius 1 is 1.18 bits per heavy atom. The van der Waals surface area contributed by atoms with Gasteiger partial charge in [-0.1, -0.05) is 44.2 Å². The second kappa shape index (κ2) is 10.3. The number of hydrogen-bond donors (Lipinski definition) is 5. The van der Waals surface area contributed by atoms with Crippen LogP contribution in [0.15, 0.2) is 53.8 Å². The molecule has 10 nitrogen and oxygen atoms in total. The van der Waals surface area contributed by atoms with Gasteiger partial charge in [-0.15, -0.1) is 0 Å². The van der Waals surface area contributed by atoms with Crippen molar-refractivity contribution < 1.29 is 14.7 Å². The highest BCUT2D eigenvalue weighted by molar-refractivity contribution is 7.17. The van der Waals surface area contributed by atoms with Gasteiger partial charge in [-0.25, -0.2) is 4.98 Å². The monoisotopic (exact) mass is 481 g/mol. The molecule has 0 aliphatic rings. The Labute approximate surface area is 201 Å². The fourth-order valence-corrected chi connectivity index (χ4v) is 4.28. The van der Waals surface area contributed by atoms with Crippen molar-refractivity contribution in [2.24, 2.45) is 16.5 Å². The second-order valence-electron chi connectivity index (χ2n) is 8.58. The van der Waals surface area contributed by atoms with E-state index in [0.29, 0.717) is 27.1 Å². The highest BCUT2D eigenvalue weighted by Crippen LogP contribution is 2.34. The number of anilines is 2. The SMILES string of the molecule is CC(C)(C)c1nc(N=C(N)N)sc1C(=O)Nc1cccc(NC(CC(=O)O)c2cccnc2)c1. The molecule has 0 spiro atoms. The van der Waals surface area contributed by atoms with Gasteiger partial charge in [0, 0.05) is 29.2 Å². The molecule has 2 aromatic heterocycles. The molecule has 1 unspecified atom stereocenters. The number of benzene rings is 1. The third-order valence-electron chi connectivity index (χ3n) is 4.68. The van der Waals surface area contributed by atoms with Gasteiger partial charge in [0.05, 0.1) is 18.2 Å². The van der Waals surface area contributed by atoms with Gasteiger partial charge < -0.3 is 27.2 Å². The molecule has 0 radical (unpaired) electrons. The summed E-state index contributed by atoms with van der Waals surface area (Å²) in [7, 11) is 0. The van der Waals surface area contributed by atoms with Crippen molar-refractivity contribution in [2.75, 3.05) is 10.6 Å². The largest absolute Gasteiger partial charge is 0.481 e. The second-order valence-corrected chi connectivity index (χ2v) is 9.55. The normalized spacial score (nSPS) is 12.0. The van der Waals surface area contributed by atoms with Crippen molar-refractivity contribution in [1.82, 2.24) is 9.97 Å². The molecule has 0 saturated carbocycles. The number of aliphatic carboxylic acids is 1. The Morgan fingerprint density at radius 2 is 1.91 bits per heavy atom. The molecule has 0 aliphatic carbocycles. The average molecular weight is 482 g/mol. The standard InChI is InChI=1S/C23H27N7O3S/c1-23(2,3)19-18(34-22(29-19)30-21(24)25)20(33)28-15-8-4-7-14(10-15)27-16(11-17(31)32)13-6-5-9-26-12-13/h4-10,12,16,27H,11H2,1-3H3,(H,28,33)(H,31,32)(H4,24,25,29,30). The lowest BCUT2D eigenvalue weighted by Crippen LogP contribution is -2.22. The zero-order valence-electron chi connectivity index (χ0n) is 19.1. The minimum atomic E-state index is -0.942. The first-order valence-corrected chi connectivity index (χ1v) is 11.2. The van der Waals surface area contributed by atoms with Gasteiger partial charge >= 0.3 is 5.97 Å². The summed E-state index contributed by atoms with van der Waals surface area (Å²) in [6.45, 7) is 5.84. The molecule has 0 fully saturated rings. The number of carboxylic acids is 1. The summed E-state index contributed by atoms with van der Waals surface area (Å²) in [4.78, 5) is 37.4. The summed E-state index contributed by atoms with van der Waals surface area (Å²) in [6.07, 6.45) is 3.12. The molecular weight excluding hydrogens is 454 g/mol. The van der Waals surface area contributed by atoms with Crippen molar-refractivity contribution in [1.29, 1.82) is 0 Å². The lowest BCUT2D eigenvalue weighted by Gasteiger charge is -2.19. The van der Waals surface area contributed by atoms with E-state index in [4.69, 9.17) is 11.5 Å². The Balaban J connectivity index is 1.84. The smallest absolute Gasteiger partial charge is 0.305 e. The Bertz CT molecular complexity index is 1200. The van der Waals surface area contributed by atoms with Crippen LogP contribution in [-0.4, -0.2) is 32.9 Å². The van der Waals surface area contributed by atoms with Crippen molar-refractivity contribution in [3.05, 3.63) is 64.9 Å². The number of guanidine groups is 1. The number of amides is 1. The predicted molar refractivity (Wildman–Crippen MR) is 134 cm³/mol. The van der Waals surface area contributed by atoms with Crippen molar-refractivity contribution >= 4 is 45.7 Å². The first-order chi connectivity index (χ1) is 16.0. The van der Waals surface area contributed by atoms with Gasteiger partial charge in [-0.2, -0.15) is 4.99 Å². The van der Waals surface area contributed by atoms with Crippen LogP contribution in [-0.2, 0) is 10.2 Å². The number of carbonyl (C=O) groups excluding carboxylic acids is 1. The minimum Gasteiger partial charge on any atom is -0.481 e. The van der Waals surface area contributed by atoms with Crippen LogP contribution < -0.4 is 22.1 Å². The number of rotatable bonds is 8. The fourth-order valence-electron chi connectivity index (χ4n) is 3.21. The van der Waals surface area contributed by atoms with Gasteiger partial charge in [-0.3, -0.25) is 14.6 Å². The Morgan fingerprint density at radius 3 is 2.53 bits per heavy atom. The van der Waals surface area contributed by atoms with E-state index in [9.17, 15) is 14.7 Å². The van der Waals surface area contributed by atoms with Crippen LogP contribution in [0.3, 0.4) is 0 Å². The number of nitrogens with one attached hydrogen (secondary N) is 2. The molecule has 1 amide bonds. The number of carbonyl (C=O) groups is 2. The number of pyridine rings is 1. The van der Waals surface area contributed by atoms with Crippen LogP contribution in [0, 0.1) is 0 Å². The average Bonchev–Trinajstić information content (AvgIpc) is 3.18. The molecule has 3 aromatic rings. The maximum atomic E-state index is 13.1. The summed E-state index contributed by atoms with van der Waals surface area (Å²) in [5, 5.41) is 15.7. The summed E-state index contributed by atoms with van der Waals surface area (Å²) in [5.74, 6) is -1.42. The maximum Gasteiger partial charge on any atom is 0.305 e. The number of nitrogens with two attached hydrogens (primary N) is 2. The number of thiazole rings is 1. The lowest BCUT2D eigenvalue weighted by molar-refractivity contribution is -0.137. The Kier molecular flexibility index (Phi) is 7.47. The third-order valence-corrected chi connectivity index (χ3v) is 5.63. The summed E-state index contributed by atoms with van der Waals surface area (Å²) in [5.41, 5.74) is 13.0. The van der Waals surface area contributed by atoms with Gasteiger partial charge in [0.15, 0.2) is 5.96 Å². The van der Waals surface area contributed by atoms with E-state index in [-0.39, 0.29) is 18.3 Å². The zero-order chi connectivity index (χ0) is 24.9. The molecule has 7 N–H and O–H groups in total. The van der Waals surface area contributed by atoms with Crippen LogP contribution in [0.25, 0.3) is 0 Å². The van der Waals surface area contributed by atoms with Crippen LogP contribution in [0.1, 0.15) is 54.2 Å². The van der Waals surface area contributed by atoms with Gasteiger partial charge in [0.2, 0.25) is 5.13 Å². The zero-order valence-corrected chi connectivity index (χ0v) is 19.9. The Hall–Kier alpha value is -3.99. The third kappa shape index (κ3) is 6.51. The number of hydrogen-bond acceptors (Lipinski definition) is 7. The number of aromatic nitrogens is 2. The molecule has 0 aliphatic heterocycles. The highest BCUT2D eigenvalue weighted by Gasteiger charge is 2.27. The molecule has 178 valence electrons. The lowest BCUT2D eigenvalue weighted by atomic mass is 9.91. The van der Waals surface area contributed by atoms with E-state index >= 15 is 0 Å². The van der Waals surface area contributed by atoms with Gasteiger partial charge in [0.25, 0.3) is 5.91 Å². The van der Waals surface area contributed by atoms with Gasteiger partial charge in [0.1, 0.15) is 4.88 Å². The van der Waals surface area contributed by atoms with Crippen LogP contribution in [0.4, 0.5) is 16.5 Å². The van der Waals surface area contributed by atoms with E-state index in [1.807, 2.05) is 26.8 Å². The molecule has 1 aromatic carbocycles. The molecule has 34 heavy (non-hydrogen) atoms. The molecule has 11 heteroatoms. The topological polar surface area (TPSA) is 169 Å². The van der Waals surface area contributed by atoms with Crippen molar-refractivity contribution in [3.63, 3.8) is 0 Å². The predicted octanol–water partition coefficient (Wildman–Crippen LogP) is 3.62. The molecule has 0 bridgehead atoms. The van der Waals surface area contributed by atoms with Crippen molar-refractivity contribution in [2.45, 2.75) is 38.6 Å². The highest BCUT2D eigenvalue weighted by atomic mass is 32.1. The molecule has 0 saturated heterocycles. The first kappa shape index (κ1) is 24.6. The van der Waals surface area contributed by atoms with Crippen LogP contribution in [0.5, 0.6) is 0 Å². The minimum absolute atomic E-state index is 0.133. The summed E-state index contributed by atoms with van der Waals surface area (Å²) < 4.78 is 0. The first-order valence-electron chi connectivity index (χ1n) is 10.4. The molecule has 3 rings (SSSR count). The van der Waals surface area contributed by atoms with Gasteiger partial charge in [-0.05, 0) is 29.8 Å². The molecular formula is C23H27N7O3S. The van der Waals surface area contributed by atoms with E-state index in [1.54, 1.807) is 42.7 Å². The van der Waals surface area contributed by atoms with Crippen LogP contribution in [0.2, 0.25) is 0 Å².